The second-order valence-corrected chi connectivity index (χ2v) is 4.94. The summed E-state index contributed by atoms with van der Waals surface area (Å²) in [4.78, 5) is 24.8. The van der Waals surface area contributed by atoms with Gasteiger partial charge in [-0.15, -0.1) is 5.10 Å². The zero-order valence-corrected chi connectivity index (χ0v) is 12.6. The fourth-order valence-corrected chi connectivity index (χ4v) is 2.08. The largest absolute Gasteiger partial charge is 0.476 e. The zero-order chi connectivity index (χ0) is 16.1. The summed E-state index contributed by atoms with van der Waals surface area (Å²) in [6.07, 6.45) is 1.25. The molecule has 7 heteroatoms. The molecule has 0 radical (unpaired) electrons. The fourth-order valence-electron chi connectivity index (χ4n) is 2.08. The Morgan fingerprint density at radius 1 is 1.32 bits per heavy atom. The molecule has 2 aromatic rings. The molecule has 0 aliphatic carbocycles. The highest BCUT2D eigenvalue weighted by atomic mass is 16.4. The van der Waals surface area contributed by atoms with Crippen LogP contribution in [0.25, 0.3) is 0 Å². The molecule has 0 saturated carbocycles. The molecule has 2 rings (SSSR count). The van der Waals surface area contributed by atoms with Crippen LogP contribution in [-0.2, 0) is 17.9 Å². The van der Waals surface area contributed by atoms with E-state index < -0.39 is 5.97 Å². The van der Waals surface area contributed by atoms with Gasteiger partial charge in [0.15, 0.2) is 5.69 Å². The number of carboxylic acids is 1. The standard InChI is InChI=1S/C15H18N4O3/c1-3-18(8-12-7-5-4-6-11(12)2)14(20)10-19-9-13(15(21)22)16-17-19/h4-7,9H,3,8,10H2,1-2H3,(H,21,22). The summed E-state index contributed by atoms with van der Waals surface area (Å²) >= 11 is 0. The Kier molecular flexibility index (Phi) is 4.88. The number of nitrogens with zero attached hydrogens (tertiary/aromatic N) is 4. The van der Waals surface area contributed by atoms with Crippen molar-refractivity contribution in [3.05, 3.63) is 47.3 Å². The van der Waals surface area contributed by atoms with E-state index in [0.717, 1.165) is 11.1 Å². The van der Waals surface area contributed by atoms with Crippen LogP contribution < -0.4 is 0 Å². The molecule has 0 aliphatic rings. The Morgan fingerprint density at radius 2 is 2.05 bits per heavy atom. The van der Waals surface area contributed by atoms with Gasteiger partial charge < -0.3 is 10.0 Å². The molecule has 1 N–H and O–H groups in total. The van der Waals surface area contributed by atoms with Crippen LogP contribution in [0.1, 0.15) is 28.5 Å². The highest BCUT2D eigenvalue weighted by molar-refractivity contribution is 5.84. The van der Waals surface area contributed by atoms with Crippen molar-refractivity contribution in [3.63, 3.8) is 0 Å². The highest BCUT2D eigenvalue weighted by Gasteiger charge is 2.16. The third-order valence-corrected chi connectivity index (χ3v) is 3.41. The first kappa shape index (κ1) is 15.7. The third-order valence-electron chi connectivity index (χ3n) is 3.41. The van der Waals surface area contributed by atoms with E-state index in [4.69, 9.17) is 5.11 Å². The second kappa shape index (κ2) is 6.84. The van der Waals surface area contributed by atoms with E-state index in [2.05, 4.69) is 10.3 Å². The number of aryl methyl sites for hydroxylation is 1. The van der Waals surface area contributed by atoms with Crippen molar-refractivity contribution in [1.82, 2.24) is 19.9 Å². The van der Waals surface area contributed by atoms with Gasteiger partial charge in [0.1, 0.15) is 6.54 Å². The number of aromatic carboxylic acids is 1. The lowest BCUT2D eigenvalue weighted by molar-refractivity contribution is -0.132. The van der Waals surface area contributed by atoms with Crippen LogP contribution in [0.4, 0.5) is 0 Å². The van der Waals surface area contributed by atoms with Crippen LogP contribution in [-0.4, -0.2) is 43.4 Å². The number of carboxylic acid groups (broad SMARTS) is 1. The van der Waals surface area contributed by atoms with Gasteiger partial charge in [-0.25, -0.2) is 9.48 Å². The second-order valence-electron chi connectivity index (χ2n) is 4.94. The summed E-state index contributed by atoms with van der Waals surface area (Å²) in [6, 6.07) is 7.89. The van der Waals surface area contributed by atoms with Gasteiger partial charge in [-0.05, 0) is 25.0 Å². The van der Waals surface area contributed by atoms with Crippen LogP contribution >= 0.6 is 0 Å². The summed E-state index contributed by atoms with van der Waals surface area (Å²) in [5, 5.41) is 16.0. The number of likely N-dealkylation sites (N-methyl/N-ethyl adjacent to an activating group) is 1. The molecule has 1 aromatic carbocycles. The van der Waals surface area contributed by atoms with Gasteiger partial charge in [0.25, 0.3) is 0 Å². The topological polar surface area (TPSA) is 88.3 Å². The normalized spacial score (nSPS) is 10.5. The predicted octanol–water partition coefficient (Wildman–Crippen LogP) is 1.33. The number of carbonyl (C=O) groups is 2. The van der Waals surface area contributed by atoms with Crippen molar-refractivity contribution in [2.45, 2.75) is 26.9 Å². The lowest BCUT2D eigenvalue weighted by Gasteiger charge is -2.21. The minimum absolute atomic E-state index is 0.0278. The quantitative estimate of drug-likeness (QED) is 0.869. The average molecular weight is 302 g/mol. The van der Waals surface area contributed by atoms with Crippen molar-refractivity contribution in [2.24, 2.45) is 0 Å². The maximum absolute atomic E-state index is 12.3. The number of amides is 1. The van der Waals surface area contributed by atoms with Gasteiger partial charge in [-0.3, -0.25) is 4.79 Å². The molecule has 0 spiro atoms. The molecule has 0 aliphatic heterocycles. The summed E-state index contributed by atoms with van der Waals surface area (Å²) in [5.41, 5.74) is 2.04. The Bertz CT molecular complexity index is 681. The molecule has 0 atom stereocenters. The maximum Gasteiger partial charge on any atom is 0.358 e. The lowest BCUT2D eigenvalue weighted by Crippen LogP contribution is -2.33. The van der Waals surface area contributed by atoms with E-state index in [1.165, 1.54) is 10.9 Å². The van der Waals surface area contributed by atoms with Crippen LogP contribution in [0.2, 0.25) is 0 Å². The maximum atomic E-state index is 12.3. The van der Waals surface area contributed by atoms with Crippen LogP contribution in [0.3, 0.4) is 0 Å². The highest BCUT2D eigenvalue weighted by Crippen LogP contribution is 2.11. The predicted molar refractivity (Wildman–Crippen MR) is 79.3 cm³/mol. The summed E-state index contributed by atoms with van der Waals surface area (Å²) in [7, 11) is 0. The summed E-state index contributed by atoms with van der Waals surface area (Å²) in [6.45, 7) is 4.96. The van der Waals surface area contributed by atoms with Crippen molar-refractivity contribution >= 4 is 11.9 Å². The monoisotopic (exact) mass is 302 g/mol. The van der Waals surface area contributed by atoms with E-state index in [1.54, 1.807) is 4.90 Å². The molecular weight excluding hydrogens is 284 g/mol. The molecule has 22 heavy (non-hydrogen) atoms. The van der Waals surface area contributed by atoms with Gasteiger partial charge in [0.05, 0.1) is 6.20 Å². The molecular formula is C15H18N4O3. The fraction of sp³-hybridized carbons (Fsp3) is 0.333. The molecule has 0 bridgehead atoms. The van der Waals surface area contributed by atoms with E-state index in [-0.39, 0.29) is 18.1 Å². The zero-order valence-electron chi connectivity index (χ0n) is 12.6. The van der Waals surface area contributed by atoms with Crippen LogP contribution in [0.15, 0.2) is 30.5 Å². The van der Waals surface area contributed by atoms with E-state index in [9.17, 15) is 9.59 Å². The van der Waals surface area contributed by atoms with Gasteiger partial charge in [-0.2, -0.15) is 0 Å². The number of hydrogen-bond acceptors (Lipinski definition) is 4. The first-order valence-corrected chi connectivity index (χ1v) is 6.97. The van der Waals surface area contributed by atoms with Gasteiger partial charge in [0.2, 0.25) is 5.91 Å². The Morgan fingerprint density at radius 3 is 2.64 bits per heavy atom. The minimum atomic E-state index is -1.16. The van der Waals surface area contributed by atoms with Gasteiger partial charge in [0, 0.05) is 13.1 Å². The van der Waals surface area contributed by atoms with E-state index in [1.807, 2.05) is 38.1 Å². The minimum Gasteiger partial charge on any atom is -0.476 e. The lowest BCUT2D eigenvalue weighted by atomic mass is 10.1. The Balaban J connectivity index is 2.05. The molecule has 0 unspecified atom stereocenters. The van der Waals surface area contributed by atoms with Gasteiger partial charge >= 0.3 is 5.97 Å². The first-order chi connectivity index (χ1) is 10.5. The molecule has 1 aromatic heterocycles. The van der Waals surface area contributed by atoms with Crippen molar-refractivity contribution in [1.29, 1.82) is 0 Å². The molecule has 1 amide bonds. The Labute approximate surface area is 128 Å². The summed E-state index contributed by atoms with van der Waals surface area (Å²) < 4.78 is 1.24. The molecule has 7 nitrogen and oxygen atoms in total. The van der Waals surface area contributed by atoms with Crippen LogP contribution in [0.5, 0.6) is 0 Å². The molecule has 1 heterocycles. The average Bonchev–Trinajstić information content (AvgIpc) is 2.95. The number of carbonyl (C=O) groups excluding carboxylic acids is 1. The molecule has 116 valence electrons. The number of hydrogen-bond donors (Lipinski definition) is 1. The van der Waals surface area contributed by atoms with E-state index >= 15 is 0 Å². The van der Waals surface area contributed by atoms with Gasteiger partial charge in [-0.1, -0.05) is 29.5 Å². The first-order valence-electron chi connectivity index (χ1n) is 6.97. The van der Waals surface area contributed by atoms with Crippen molar-refractivity contribution < 1.29 is 14.7 Å². The molecule has 0 fully saturated rings. The summed E-state index contributed by atoms with van der Waals surface area (Å²) in [5.74, 6) is -1.29. The SMILES string of the molecule is CCN(Cc1ccccc1C)C(=O)Cn1cc(C(=O)O)nn1. The van der Waals surface area contributed by atoms with E-state index in [0.29, 0.717) is 13.1 Å². The number of aromatic nitrogens is 3. The number of rotatable bonds is 6. The number of benzene rings is 1. The molecule has 0 saturated heterocycles. The van der Waals surface area contributed by atoms with Crippen molar-refractivity contribution in [2.75, 3.05) is 6.54 Å². The third kappa shape index (κ3) is 3.69. The smallest absolute Gasteiger partial charge is 0.358 e. The Hall–Kier alpha value is -2.70. The van der Waals surface area contributed by atoms with Crippen molar-refractivity contribution in [3.8, 4) is 0 Å². The van der Waals surface area contributed by atoms with Crippen LogP contribution in [0, 0.1) is 6.92 Å².